The van der Waals surface area contributed by atoms with Gasteiger partial charge in [0.2, 0.25) is 0 Å². The van der Waals surface area contributed by atoms with Crippen molar-refractivity contribution in [1.29, 1.82) is 0 Å². The van der Waals surface area contributed by atoms with E-state index >= 15 is 0 Å². The number of nitrogens with one attached hydrogen (secondary N) is 1. The van der Waals surface area contributed by atoms with E-state index in [1.807, 2.05) is 13.8 Å². The van der Waals surface area contributed by atoms with E-state index in [9.17, 15) is 9.18 Å². The van der Waals surface area contributed by atoms with Crippen molar-refractivity contribution >= 4 is 21.8 Å². The molecule has 1 N–H and O–H groups in total. The molecule has 1 atom stereocenters. The first-order valence-electron chi connectivity index (χ1n) is 4.80. The van der Waals surface area contributed by atoms with E-state index in [4.69, 9.17) is 0 Å². The fourth-order valence-corrected chi connectivity index (χ4v) is 1.56. The lowest BCUT2D eigenvalue weighted by Gasteiger charge is -2.11. The van der Waals surface area contributed by atoms with E-state index in [0.29, 0.717) is 10.0 Å². The Balaban J connectivity index is 2.82. The van der Waals surface area contributed by atoms with E-state index in [1.165, 1.54) is 12.1 Å². The van der Waals surface area contributed by atoms with Crippen molar-refractivity contribution in [1.82, 2.24) is 5.32 Å². The molecule has 1 rings (SSSR count). The summed E-state index contributed by atoms with van der Waals surface area (Å²) in [5.41, 5.74) is 0.335. The maximum absolute atomic E-state index is 13.0. The summed E-state index contributed by atoms with van der Waals surface area (Å²) in [6, 6.07) is 4.24. The molecule has 0 saturated heterocycles. The van der Waals surface area contributed by atoms with Crippen molar-refractivity contribution in [2.45, 2.75) is 26.3 Å². The van der Waals surface area contributed by atoms with Crippen LogP contribution in [-0.2, 0) is 0 Å². The fourth-order valence-electron chi connectivity index (χ4n) is 1.09. The molecule has 82 valence electrons. The fraction of sp³-hybridized carbons (Fsp3) is 0.364. The van der Waals surface area contributed by atoms with Crippen LogP contribution in [0, 0.1) is 5.82 Å². The van der Waals surface area contributed by atoms with Gasteiger partial charge in [0.05, 0.1) is 0 Å². The predicted octanol–water partition coefficient (Wildman–Crippen LogP) is 3.12. The quantitative estimate of drug-likeness (QED) is 0.901. The average Bonchev–Trinajstić information content (AvgIpc) is 2.16. The number of hydrogen-bond acceptors (Lipinski definition) is 1. The van der Waals surface area contributed by atoms with Crippen molar-refractivity contribution in [3.05, 3.63) is 34.1 Å². The van der Waals surface area contributed by atoms with Crippen LogP contribution in [-0.4, -0.2) is 11.9 Å². The first-order chi connectivity index (χ1) is 7.02. The van der Waals surface area contributed by atoms with Gasteiger partial charge < -0.3 is 5.32 Å². The third-order valence-electron chi connectivity index (χ3n) is 2.11. The Morgan fingerprint density at radius 1 is 1.53 bits per heavy atom. The Morgan fingerprint density at radius 3 is 2.73 bits per heavy atom. The molecule has 0 fully saturated rings. The predicted molar refractivity (Wildman–Crippen MR) is 61.3 cm³/mol. The van der Waals surface area contributed by atoms with Gasteiger partial charge in [0.25, 0.3) is 5.91 Å². The number of amides is 1. The monoisotopic (exact) mass is 273 g/mol. The molecule has 0 bridgehead atoms. The Hall–Kier alpha value is -0.900. The number of hydrogen-bond donors (Lipinski definition) is 1. The maximum atomic E-state index is 13.0. The molecule has 0 aliphatic rings. The lowest BCUT2D eigenvalue weighted by Crippen LogP contribution is -2.31. The normalized spacial score (nSPS) is 12.3. The zero-order valence-electron chi connectivity index (χ0n) is 8.68. The minimum atomic E-state index is -0.418. The summed E-state index contributed by atoms with van der Waals surface area (Å²) in [4.78, 5) is 11.6. The van der Waals surface area contributed by atoms with Gasteiger partial charge in [-0.1, -0.05) is 22.9 Å². The van der Waals surface area contributed by atoms with Gasteiger partial charge in [0, 0.05) is 16.1 Å². The molecule has 15 heavy (non-hydrogen) atoms. The van der Waals surface area contributed by atoms with Crippen molar-refractivity contribution in [3.63, 3.8) is 0 Å². The number of rotatable bonds is 3. The summed E-state index contributed by atoms with van der Waals surface area (Å²) in [6.45, 7) is 3.89. The summed E-state index contributed by atoms with van der Waals surface area (Å²) in [5, 5.41) is 2.77. The first-order valence-corrected chi connectivity index (χ1v) is 5.59. The molecule has 0 saturated carbocycles. The summed E-state index contributed by atoms with van der Waals surface area (Å²) in [5.74, 6) is -0.664. The smallest absolute Gasteiger partial charge is 0.251 e. The van der Waals surface area contributed by atoms with Crippen LogP contribution in [0.3, 0.4) is 0 Å². The molecule has 1 amide bonds. The van der Waals surface area contributed by atoms with Crippen LogP contribution >= 0.6 is 15.9 Å². The van der Waals surface area contributed by atoms with Gasteiger partial charge in [-0.3, -0.25) is 4.79 Å². The zero-order chi connectivity index (χ0) is 11.4. The number of carbonyl (C=O) groups is 1. The van der Waals surface area contributed by atoms with E-state index < -0.39 is 5.82 Å². The highest BCUT2D eigenvalue weighted by Crippen LogP contribution is 2.14. The van der Waals surface area contributed by atoms with Crippen molar-refractivity contribution in [2.24, 2.45) is 0 Å². The summed E-state index contributed by atoms with van der Waals surface area (Å²) in [6.07, 6.45) is 0.849. The number of halogens is 2. The molecular weight excluding hydrogens is 261 g/mol. The molecule has 4 heteroatoms. The van der Waals surface area contributed by atoms with E-state index in [1.54, 1.807) is 6.07 Å². The third kappa shape index (κ3) is 3.63. The van der Waals surface area contributed by atoms with E-state index in [-0.39, 0.29) is 11.9 Å². The second-order valence-corrected chi connectivity index (χ2v) is 4.36. The molecule has 2 nitrogen and oxygen atoms in total. The summed E-state index contributed by atoms with van der Waals surface area (Å²) < 4.78 is 13.6. The highest BCUT2D eigenvalue weighted by Gasteiger charge is 2.10. The van der Waals surface area contributed by atoms with Gasteiger partial charge in [0.15, 0.2) is 0 Å². The summed E-state index contributed by atoms with van der Waals surface area (Å²) >= 11 is 3.14. The third-order valence-corrected chi connectivity index (χ3v) is 2.57. The Labute approximate surface area is 97.0 Å². The second kappa shape index (κ2) is 5.26. The summed E-state index contributed by atoms with van der Waals surface area (Å²) in [7, 11) is 0. The lowest BCUT2D eigenvalue weighted by molar-refractivity contribution is 0.0938. The molecule has 0 aromatic heterocycles. The van der Waals surface area contributed by atoms with E-state index in [2.05, 4.69) is 21.2 Å². The number of benzene rings is 1. The average molecular weight is 274 g/mol. The molecule has 0 aliphatic heterocycles. The van der Waals surface area contributed by atoms with Crippen molar-refractivity contribution in [2.75, 3.05) is 0 Å². The van der Waals surface area contributed by atoms with Gasteiger partial charge in [-0.05, 0) is 31.5 Å². The Morgan fingerprint density at radius 2 is 2.20 bits per heavy atom. The van der Waals surface area contributed by atoms with Gasteiger partial charge in [-0.25, -0.2) is 4.39 Å². The van der Waals surface area contributed by atoms with Gasteiger partial charge in [-0.2, -0.15) is 0 Å². The van der Waals surface area contributed by atoms with Gasteiger partial charge in [-0.15, -0.1) is 0 Å². The van der Waals surface area contributed by atoms with Crippen LogP contribution < -0.4 is 5.32 Å². The molecule has 0 radical (unpaired) electrons. The van der Waals surface area contributed by atoms with E-state index in [0.717, 1.165) is 6.42 Å². The van der Waals surface area contributed by atoms with Crippen LogP contribution in [0.5, 0.6) is 0 Å². The Bertz CT molecular complexity index is 347. The molecule has 0 heterocycles. The SMILES string of the molecule is CCC(C)NC(=O)c1cc(F)cc(Br)c1. The highest BCUT2D eigenvalue weighted by atomic mass is 79.9. The molecule has 0 aliphatic carbocycles. The van der Waals surface area contributed by atoms with Crippen molar-refractivity contribution < 1.29 is 9.18 Å². The standard InChI is InChI=1S/C11H13BrFNO/c1-3-7(2)14-11(15)8-4-9(12)6-10(13)5-8/h4-7H,3H2,1-2H3,(H,14,15). The van der Waals surface area contributed by atoms with Crippen LogP contribution in [0.2, 0.25) is 0 Å². The van der Waals surface area contributed by atoms with Crippen LogP contribution in [0.15, 0.2) is 22.7 Å². The largest absolute Gasteiger partial charge is 0.350 e. The minimum Gasteiger partial charge on any atom is -0.350 e. The number of carbonyl (C=O) groups excluding carboxylic acids is 1. The Kier molecular flexibility index (Phi) is 4.27. The van der Waals surface area contributed by atoms with Crippen LogP contribution in [0.4, 0.5) is 4.39 Å². The minimum absolute atomic E-state index is 0.0968. The van der Waals surface area contributed by atoms with Crippen molar-refractivity contribution in [3.8, 4) is 0 Å². The molecule has 0 spiro atoms. The second-order valence-electron chi connectivity index (χ2n) is 3.44. The molecule has 1 unspecified atom stereocenters. The zero-order valence-corrected chi connectivity index (χ0v) is 10.3. The van der Waals surface area contributed by atoms with Crippen LogP contribution in [0.25, 0.3) is 0 Å². The first kappa shape index (κ1) is 12.2. The van der Waals surface area contributed by atoms with Crippen LogP contribution in [0.1, 0.15) is 30.6 Å². The highest BCUT2D eigenvalue weighted by molar-refractivity contribution is 9.10. The maximum Gasteiger partial charge on any atom is 0.251 e. The molecular formula is C11H13BrFNO. The van der Waals surface area contributed by atoms with Gasteiger partial charge >= 0.3 is 0 Å². The van der Waals surface area contributed by atoms with Gasteiger partial charge in [0.1, 0.15) is 5.82 Å². The molecule has 1 aromatic rings. The lowest BCUT2D eigenvalue weighted by atomic mass is 10.2. The molecule has 1 aromatic carbocycles. The topological polar surface area (TPSA) is 29.1 Å².